The first-order chi connectivity index (χ1) is 11.9. The van der Waals surface area contributed by atoms with Crippen molar-refractivity contribution < 1.29 is 23.8 Å². The molecule has 0 saturated carbocycles. The van der Waals surface area contributed by atoms with Crippen molar-refractivity contribution in [2.24, 2.45) is 0 Å². The van der Waals surface area contributed by atoms with Gasteiger partial charge in [-0.25, -0.2) is 4.79 Å². The summed E-state index contributed by atoms with van der Waals surface area (Å²) in [5, 5.41) is 2.81. The number of carbonyl (C=O) groups is 2. The van der Waals surface area contributed by atoms with Crippen molar-refractivity contribution >= 4 is 17.6 Å². The van der Waals surface area contributed by atoms with Crippen LogP contribution in [-0.4, -0.2) is 33.2 Å². The van der Waals surface area contributed by atoms with Crippen LogP contribution in [0.2, 0.25) is 0 Å². The molecule has 0 fully saturated rings. The maximum Gasteiger partial charge on any atom is 0.337 e. The summed E-state index contributed by atoms with van der Waals surface area (Å²) in [6.07, 6.45) is 0. The third-order valence-electron chi connectivity index (χ3n) is 3.92. The van der Waals surface area contributed by atoms with Gasteiger partial charge in [-0.05, 0) is 43.7 Å². The summed E-state index contributed by atoms with van der Waals surface area (Å²) in [5.41, 5.74) is 2.92. The minimum Gasteiger partial charge on any atom is -0.496 e. The van der Waals surface area contributed by atoms with Crippen molar-refractivity contribution in [2.75, 3.05) is 26.6 Å². The van der Waals surface area contributed by atoms with Gasteiger partial charge in [-0.2, -0.15) is 0 Å². The van der Waals surface area contributed by atoms with Gasteiger partial charge in [0, 0.05) is 16.8 Å². The fourth-order valence-electron chi connectivity index (χ4n) is 2.41. The van der Waals surface area contributed by atoms with E-state index in [0.717, 1.165) is 11.1 Å². The largest absolute Gasteiger partial charge is 0.496 e. The zero-order valence-electron chi connectivity index (χ0n) is 14.9. The van der Waals surface area contributed by atoms with Gasteiger partial charge < -0.3 is 19.5 Å². The quantitative estimate of drug-likeness (QED) is 0.843. The Morgan fingerprint density at radius 2 is 1.48 bits per heavy atom. The average Bonchev–Trinajstić information content (AvgIpc) is 2.62. The lowest BCUT2D eigenvalue weighted by Gasteiger charge is -2.14. The molecule has 0 aliphatic heterocycles. The van der Waals surface area contributed by atoms with E-state index >= 15 is 0 Å². The molecule has 132 valence electrons. The van der Waals surface area contributed by atoms with Gasteiger partial charge in [0.2, 0.25) is 0 Å². The summed E-state index contributed by atoms with van der Waals surface area (Å²) >= 11 is 0. The lowest BCUT2D eigenvalue weighted by atomic mass is 10.1. The molecule has 1 amide bonds. The Balaban J connectivity index is 2.35. The summed E-state index contributed by atoms with van der Waals surface area (Å²) in [7, 11) is 4.38. The van der Waals surface area contributed by atoms with Crippen molar-refractivity contribution in [3.05, 3.63) is 52.6 Å². The number of esters is 1. The van der Waals surface area contributed by atoms with Gasteiger partial charge in [0.15, 0.2) is 0 Å². The molecule has 2 aromatic rings. The predicted octanol–water partition coefficient (Wildman–Crippen LogP) is 3.36. The smallest absolute Gasteiger partial charge is 0.337 e. The molecule has 0 aromatic heterocycles. The second kappa shape index (κ2) is 7.70. The fourth-order valence-corrected chi connectivity index (χ4v) is 2.41. The van der Waals surface area contributed by atoms with Gasteiger partial charge in [0.1, 0.15) is 11.5 Å². The molecule has 0 aliphatic rings. The van der Waals surface area contributed by atoms with Crippen molar-refractivity contribution in [3.63, 3.8) is 0 Å². The van der Waals surface area contributed by atoms with Crippen molar-refractivity contribution in [3.8, 4) is 11.5 Å². The summed E-state index contributed by atoms with van der Waals surface area (Å²) < 4.78 is 15.3. The van der Waals surface area contributed by atoms with Crippen LogP contribution in [0.3, 0.4) is 0 Å². The van der Waals surface area contributed by atoms with Crippen LogP contribution in [0.5, 0.6) is 11.5 Å². The minimum atomic E-state index is -0.464. The summed E-state index contributed by atoms with van der Waals surface area (Å²) in [5.74, 6) is 0.324. The van der Waals surface area contributed by atoms with Gasteiger partial charge in [-0.1, -0.05) is 6.07 Å². The van der Waals surface area contributed by atoms with Crippen LogP contribution in [0, 0.1) is 13.8 Å². The number of rotatable bonds is 5. The number of anilines is 1. The minimum absolute atomic E-state index is 0.332. The lowest BCUT2D eigenvalue weighted by Crippen LogP contribution is -2.14. The van der Waals surface area contributed by atoms with Crippen LogP contribution in [-0.2, 0) is 4.74 Å². The number of hydrogen-bond donors (Lipinski definition) is 1. The van der Waals surface area contributed by atoms with Crippen LogP contribution >= 0.6 is 0 Å². The molecule has 0 saturated heterocycles. The third kappa shape index (κ3) is 3.91. The second-order valence-electron chi connectivity index (χ2n) is 5.48. The Kier molecular flexibility index (Phi) is 5.64. The van der Waals surface area contributed by atoms with E-state index in [1.807, 2.05) is 13.8 Å². The Morgan fingerprint density at radius 1 is 0.880 bits per heavy atom. The summed E-state index contributed by atoms with van der Waals surface area (Å²) in [6, 6.07) is 8.27. The highest BCUT2D eigenvalue weighted by Crippen LogP contribution is 2.30. The summed E-state index contributed by atoms with van der Waals surface area (Å²) in [6.45, 7) is 3.69. The molecule has 0 aliphatic carbocycles. The third-order valence-corrected chi connectivity index (χ3v) is 3.92. The highest BCUT2D eigenvalue weighted by molar-refractivity contribution is 6.06. The zero-order valence-corrected chi connectivity index (χ0v) is 14.9. The van der Waals surface area contributed by atoms with Gasteiger partial charge >= 0.3 is 5.97 Å². The Hall–Kier alpha value is -3.02. The first kappa shape index (κ1) is 18.3. The topological polar surface area (TPSA) is 73.9 Å². The van der Waals surface area contributed by atoms with Crippen LogP contribution < -0.4 is 14.8 Å². The van der Waals surface area contributed by atoms with Gasteiger partial charge in [0.25, 0.3) is 5.91 Å². The summed E-state index contributed by atoms with van der Waals surface area (Å²) in [4.78, 5) is 24.3. The molecule has 25 heavy (non-hydrogen) atoms. The first-order valence-corrected chi connectivity index (χ1v) is 7.64. The van der Waals surface area contributed by atoms with Crippen molar-refractivity contribution in [1.82, 2.24) is 0 Å². The molecule has 0 spiro atoms. The molecular weight excluding hydrogens is 322 g/mol. The SMILES string of the molecule is COC(=O)c1ccc(C)c(NC(=O)c2cc(OC)c(C)c(OC)c2)c1. The molecule has 0 heterocycles. The van der Waals surface area contributed by atoms with Gasteiger partial charge in [-0.3, -0.25) is 4.79 Å². The highest BCUT2D eigenvalue weighted by atomic mass is 16.5. The van der Waals surface area contributed by atoms with Crippen molar-refractivity contribution in [1.29, 1.82) is 0 Å². The van der Waals surface area contributed by atoms with E-state index in [0.29, 0.717) is 28.3 Å². The van der Waals surface area contributed by atoms with E-state index in [-0.39, 0.29) is 5.91 Å². The Labute approximate surface area is 146 Å². The van der Waals surface area contributed by atoms with E-state index in [1.54, 1.807) is 30.3 Å². The molecule has 0 bridgehead atoms. The molecule has 2 aromatic carbocycles. The van der Waals surface area contributed by atoms with E-state index in [2.05, 4.69) is 5.32 Å². The lowest BCUT2D eigenvalue weighted by molar-refractivity contribution is 0.0600. The van der Waals surface area contributed by atoms with E-state index in [4.69, 9.17) is 14.2 Å². The maximum absolute atomic E-state index is 12.6. The number of hydrogen-bond acceptors (Lipinski definition) is 5. The number of carbonyl (C=O) groups excluding carboxylic acids is 2. The average molecular weight is 343 g/mol. The molecular formula is C19H21NO5. The van der Waals surface area contributed by atoms with Crippen molar-refractivity contribution in [2.45, 2.75) is 13.8 Å². The molecule has 0 unspecified atom stereocenters. The van der Waals surface area contributed by atoms with Gasteiger partial charge in [0.05, 0.1) is 26.9 Å². The molecule has 1 N–H and O–H groups in total. The van der Waals surface area contributed by atoms with E-state index < -0.39 is 5.97 Å². The standard InChI is InChI=1S/C19H21NO5/c1-11-6-7-13(19(22)25-5)8-15(11)20-18(21)14-9-16(23-3)12(2)17(10-14)24-4/h6-10H,1-5H3,(H,20,21). The van der Waals surface area contributed by atoms with Gasteiger partial charge in [-0.15, -0.1) is 0 Å². The maximum atomic E-state index is 12.6. The molecule has 6 nitrogen and oxygen atoms in total. The van der Waals surface area contributed by atoms with Crippen LogP contribution in [0.1, 0.15) is 31.8 Å². The van der Waals surface area contributed by atoms with Crippen LogP contribution in [0.25, 0.3) is 0 Å². The van der Waals surface area contributed by atoms with Crippen LogP contribution in [0.4, 0.5) is 5.69 Å². The predicted molar refractivity (Wildman–Crippen MR) is 94.8 cm³/mol. The number of nitrogens with one attached hydrogen (secondary N) is 1. The normalized spacial score (nSPS) is 10.1. The monoisotopic (exact) mass is 343 g/mol. The molecule has 6 heteroatoms. The Morgan fingerprint density at radius 3 is 2.00 bits per heavy atom. The number of aryl methyl sites for hydroxylation is 1. The molecule has 0 atom stereocenters. The van der Waals surface area contributed by atoms with E-state index in [1.165, 1.54) is 21.3 Å². The number of amides is 1. The second-order valence-corrected chi connectivity index (χ2v) is 5.48. The number of ether oxygens (including phenoxy) is 3. The number of benzene rings is 2. The van der Waals surface area contributed by atoms with Crippen LogP contribution in [0.15, 0.2) is 30.3 Å². The Bertz CT molecular complexity index is 788. The zero-order chi connectivity index (χ0) is 18.6. The molecule has 2 rings (SSSR count). The number of methoxy groups -OCH3 is 3. The molecule has 0 radical (unpaired) electrons. The highest BCUT2D eigenvalue weighted by Gasteiger charge is 2.15. The first-order valence-electron chi connectivity index (χ1n) is 7.64. The fraction of sp³-hybridized carbons (Fsp3) is 0.263. The van der Waals surface area contributed by atoms with E-state index in [9.17, 15) is 9.59 Å².